The molecule has 0 aliphatic rings. The average Bonchev–Trinajstić information content (AvgIpc) is 1.38. The monoisotopic (exact) mass is 75.0 g/mol. The van der Waals surface area contributed by atoms with Crippen LogP contribution in [-0.4, -0.2) is 0 Å². The largest absolute Gasteiger partial charge is 0.320 e. The average molecular weight is 75.1 g/mol. The Morgan fingerprint density at radius 1 is 2.00 bits per heavy atom. The van der Waals surface area contributed by atoms with Crippen molar-refractivity contribution >= 4 is 0 Å². The van der Waals surface area contributed by atoms with E-state index in [0.29, 0.717) is 0 Å². The van der Waals surface area contributed by atoms with E-state index in [2.05, 4.69) is 0 Å². The van der Waals surface area contributed by atoms with Gasteiger partial charge in [-0.05, 0) is 13.0 Å². The fraction of sp³-hybridized carbons (Fsp3) is 0.333. The summed E-state index contributed by atoms with van der Waals surface area (Å²) in [5.41, 5.74) is 0. The van der Waals surface area contributed by atoms with Gasteiger partial charge in [0.25, 0.3) is 0 Å². The van der Waals surface area contributed by atoms with Crippen molar-refractivity contribution in [3.8, 4) is 0 Å². The highest BCUT2D eigenvalue weighted by Gasteiger charge is 1.76. The summed E-state index contributed by atoms with van der Waals surface area (Å²) in [6.45, 7) is 1.35. The molecule has 0 aromatic rings. The maximum absolute atomic E-state index is 10.7. The lowest BCUT2D eigenvalue weighted by molar-refractivity contribution is 0.198. The van der Waals surface area contributed by atoms with E-state index < -0.39 is 6.01 Å². The summed E-state index contributed by atoms with van der Waals surface area (Å²) in [5.74, 6) is 0. The zero-order chi connectivity index (χ0) is 4.28. The van der Waals surface area contributed by atoms with Gasteiger partial charge in [0.15, 0.2) is 0 Å². The minimum absolute atomic E-state index is 0.861. The van der Waals surface area contributed by atoms with Crippen LogP contribution >= 0.6 is 0 Å². The van der Waals surface area contributed by atoms with Crippen LogP contribution in [-0.2, 0) is 5.11 Å². The molecule has 0 amide bonds. The summed E-state index contributed by atoms with van der Waals surface area (Å²) in [7, 11) is 0. The molecule has 0 aromatic carbocycles. The van der Waals surface area contributed by atoms with E-state index >= 15 is 0 Å². The molecular weight excluding hydrogens is 71.0 g/mol. The molecule has 0 aliphatic carbocycles. The van der Waals surface area contributed by atoms with Crippen LogP contribution in [0.25, 0.3) is 0 Å². The molecule has 0 saturated carbocycles. The van der Waals surface area contributed by atoms with Gasteiger partial charge in [0.2, 0.25) is 0 Å². The van der Waals surface area contributed by atoms with Crippen molar-refractivity contribution in [2.24, 2.45) is 0 Å². The molecular formula is C3H4FO. The number of allylic oxidation sites excluding steroid dienone is 1. The standard InChI is InChI=1S/C3H4FO/c1-2-3(4)5/h2H,1H3/b3-2-. The van der Waals surface area contributed by atoms with E-state index in [4.69, 9.17) is 5.11 Å². The SMILES string of the molecule is C/C=C(\[O])F. The van der Waals surface area contributed by atoms with Crippen molar-refractivity contribution in [2.45, 2.75) is 6.92 Å². The van der Waals surface area contributed by atoms with E-state index in [1.165, 1.54) is 6.92 Å². The highest BCUT2D eigenvalue weighted by Crippen LogP contribution is 1.84. The molecule has 0 spiro atoms. The summed E-state index contributed by atoms with van der Waals surface area (Å²) < 4.78 is 10.7. The number of halogens is 1. The topological polar surface area (TPSA) is 19.9 Å². The molecule has 0 saturated heterocycles. The Bertz CT molecular complexity index is 44.9. The fourth-order valence-electron chi connectivity index (χ4n) is 0. The number of hydrogen-bond acceptors (Lipinski definition) is 0. The molecule has 0 fully saturated rings. The molecule has 0 aliphatic heterocycles. The summed E-state index contributed by atoms with van der Waals surface area (Å²) in [5, 5.41) is 9.09. The quantitative estimate of drug-likeness (QED) is 0.386. The maximum atomic E-state index is 10.7. The maximum Gasteiger partial charge on any atom is 0.320 e. The predicted molar refractivity (Wildman–Crippen MR) is 15.6 cm³/mol. The van der Waals surface area contributed by atoms with Crippen LogP contribution < -0.4 is 0 Å². The van der Waals surface area contributed by atoms with Crippen molar-refractivity contribution in [3.05, 3.63) is 12.1 Å². The Morgan fingerprint density at radius 3 is 2.20 bits per heavy atom. The summed E-state index contributed by atoms with van der Waals surface area (Å²) in [6, 6.07) is -1.37. The summed E-state index contributed by atoms with van der Waals surface area (Å²) in [6.07, 6.45) is 0.861. The second kappa shape index (κ2) is 1.76. The Hall–Kier alpha value is -0.530. The zero-order valence-corrected chi connectivity index (χ0v) is 2.86. The third-order valence-corrected chi connectivity index (χ3v) is 0.227. The minimum Gasteiger partial charge on any atom is -0.256 e. The van der Waals surface area contributed by atoms with Gasteiger partial charge in [-0.15, -0.1) is 0 Å². The molecule has 1 radical (unpaired) electrons. The third-order valence-electron chi connectivity index (χ3n) is 0.227. The van der Waals surface area contributed by atoms with Crippen molar-refractivity contribution in [1.29, 1.82) is 0 Å². The molecule has 1 nitrogen and oxygen atoms in total. The summed E-state index contributed by atoms with van der Waals surface area (Å²) in [4.78, 5) is 0. The first-order chi connectivity index (χ1) is 2.27. The first-order valence-corrected chi connectivity index (χ1v) is 1.26. The van der Waals surface area contributed by atoms with Gasteiger partial charge in [-0.1, -0.05) is 0 Å². The van der Waals surface area contributed by atoms with Gasteiger partial charge in [0, 0.05) is 0 Å². The van der Waals surface area contributed by atoms with Gasteiger partial charge in [0.1, 0.15) is 0 Å². The smallest absolute Gasteiger partial charge is 0.256 e. The van der Waals surface area contributed by atoms with Crippen molar-refractivity contribution in [1.82, 2.24) is 0 Å². The van der Waals surface area contributed by atoms with Crippen LogP contribution in [0.1, 0.15) is 6.92 Å². The highest BCUT2D eigenvalue weighted by molar-refractivity contribution is 4.71. The first-order valence-electron chi connectivity index (χ1n) is 1.26. The van der Waals surface area contributed by atoms with Gasteiger partial charge in [-0.3, -0.25) is 5.11 Å². The van der Waals surface area contributed by atoms with Gasteiger partial charge in [0.05, 0.1) is 0 Å². The van der Waals surface area contributed by atoms with Crippen LogP contribution in [0.4, 0.5) is 4.39 Å². The Morgan fingerprint density at radius 2 is 2.20 bits per heavy atom. The van der Waals surface area contributed by atoms with Gasteiger partial charge >= 0.3 is 6.01 Å². The van der Waals surface area contributed by atoms with Crippen molar-refractivity contribution < 1.29 is 9.50 Å². The molecule has 29 valence electrons. The lowest BCUT2D eigenvalue weighted by atomic mass is 10.7. The van der Waals surface area contributed by atoms with E-state index in [1.807, 2.05) is 0 Å². The van der Waals surface area contributed by atoms with Crippen LogP contribution in [0.3, 0.4) is 0 Å². The predicted octanol–water partition coefficient (Wildman–Crippen LogP) is 1.25. The fourth-order valence-corrected chi connectivity index (χ4v) is 0. The number of rotatable bonds is 0. The number of hydrogen-bond donors (Lipinski definition) is 0. The molecule has 2 heteroatoms. The molecule has 0 heterocycles. The van der Waals surface area contributed by atoms with E-state index in [-0.39, 0.29) is 0 Å². The lowest BCUT2D eigenvalue weighted by Gasteiger charge is -1.62. The van der Waals surface area contributed by atoms with Crippen molar-refractivity contribution in [3.63, 3.8) is 0 Å². The first kappa shape index (κ1) is 4.47. The van der Waals surface area contributed by atoms with Crippen LogP contribution in [0.2, 0.25) is 0 Å². The lowest BCUT2D eigenvalue weighted by Crippen LogP contribution is -1.53. The molecule has 0 N–H and O–H groups in total. The molecule has 0 rings (SSSR count). The third kappa shape index (κ3) is 3.47. The van der Waals surface area contributed by atoms with Gasteiger partial charge < -0.3 is 0 Å². The van der Waals surface area contributed by atoms with Crippen molar-refractivity contribution in [2.75, 3.05) is 0 Å². The Balaban J connectivity index is 3.14. The van der Waals surface area contributed by atoms with Crippen LogP contribution in [0.5, 0.6) is 0 Å². The van der Waals surface area contributed by atoms with Crippen LogP contribution in [0.15, 0.2) is 12.1 Å². The van der Waals surface area contributed by atoms with Gasteiger partial charge in [-0.2, -0.15) is 4.39 Å². The molecule has 0 atom stereocenters. The molecule has 0 bridgehead atoms. The highest BCUT2D eigenvalue weighted by atomic mass is 19.1. The zero-order valence-electron chi connectivity index (χ0n) is 2.86. The Kier molecular flexibility index (Phi) is 1.57. The Labute approximate surface area is 29.7 Å². The molecule has 5 heavy (non-hydrogen) atoms. The minimum atomic E-state index is -1.37. The van der Waals surface area contributed by atoms with Crippen LogP contribution in [0, 0.1) is 0 Å². The second-order valence-corrected chi connectivity index (χ2v) is 0.593. The second-order valence-electron chi connectivity index (χ2n) is 0.593. The van der Waals surface area contributed by atoms with E-state index in [9.17, 15) is 4.39 Å². The normalized spacial score (nSPS) is 12.0. The molecule has 0 unspecified atom stereocenters. The van der Waals surface area contributed by atoms with E-state index in [0.717, 1.165) is 6.08 Å². The van der Waals surface area contributed by atoms with E-state index in [1.54, 1.807) is 0 Å². The summed E-state index contributed by atoms with van der Waals surface area (Å²) >= 11 is 0. The van der Waals surface area contributed by atoms with Gasteiger partial charge in [-0.25, -0.2) is 0 Å². The molecule has 0 aromatic heterocycles.